The number of ether oxygens (including phenoxy) is 3. The van der Waals surface area contributed by atoms with Crippen molar-refractivity contribution in [3.8, 4) is 22.9 Å². The van der Waals surface area contributed by atoms with Crippen LogP contribution >= 0.6 is 0 Å². The van der Waals surface area contributed by atoms with Crippen molar-refractivity contribution < 1.29 is 24.1 Å². The minimum Gasteiger partial charge on any atom is -0.493 e. The Bertz CT molecular complexity index is 1090. The van der Waals surface area contributed by atoms with E-state index in [0.717, 1.165) is 49.0 Å². The summed E-state index contributed by atoms with van der Waals surface area (Å²) in [5.41, 5.74) is 3.48. The van der Waals surface area contributed by atoms with Gasteiger partial charge in [-0.25, -0.2) is 4.68 Å². The fourth-order valence-corrected chi connectivity index (χ4v) is 4.23. The van der Waals surface area contributed by atoms with E-state index in [-0.39, 0.29) is 19.1 Å². The van der Waals surface area contributed by atoms with Crippen LogP contribution in [-0.2, 0) is 12.8 Å². The highest BCUT2D eigenvalue weighted by molar-refractivity contribution is 5.94. The number of rotatable bonds is 9. The molecule has 1 unspecified atom stereocenters. The number of fused-ring (bicyclic) bond motifs is 1. The Hall–Kier alpha value is -3.52. The van der Waals surface area contributed by atoms with Crippen LogP contribution in [0.2, 0.25) is 0 Å². The summed E-state index contributed by atoms with van der Waals surface area (Å²) in [7, 11) is 3.07. The standard InChI is InChI=1S/C26H31N3O5/c1-32-22-14-9-15-23(33-2)25(22)34-17-19(30)16-27-26(31)24-20-12-7-4-8-13-21(20)29(28-24)18-10-5-3-6-11-18/h3,5-6,9-11,14-15,19,30H,4,7-8,12-13,16-17H2,1-2H3,(H,27,31). The maximum absolute atomic E-state index is 13.1. The molecule has 0 saturated carbocycles. The lowest BCUT2D eigenvalue weighted by atomic mass is 10.1. The molecule has 1 aromatic heterocycles. The molecule has 0 saturated heterocycles. The maximum Gasteiger partial charge on any atom is 0.272 e. The Morgan fingerprint density at radius 2 is 1.74 bits per heavy atom. The zero-order chi connectivity index (χ0) is 23.9. The third kappa shape index (κ3) is 5.17. The Balaban J connectivity index is 1.44. The van der Waals surface area contributed by atoms with Gasteiger partial charge in [0.25, 0.3) is 5.91 Å². The highest BCUT2D eigenvalue weighted by Crippen LogP contribution is 2.36. The third-order valence-electron chi connectivity index (χ3n) is 5.95. The molecule has 1 aliphatic carbocycles. The fraction of sp³-hybridized carbons (Fsp3) is 0.385. The summed E-state index contributed by atoms with van der Waals surface area (Å²) >= 11 is 0. The fourth-order valence-electron chi connectivity index (χ4n) is 4.23. The average Bonchev–Trinajstić information content (AvgIpc) is 3.06. The lowest BCUT2D eigenvalue weighted by molar-refractivity contribution is 0.0829. The minimum atomic E-state index is -0.923. The molecule has 0 radical (unpaired) electrons. The highest BCUT2D eigenvalue weighted by Gasteiger charge is 2.25. The van der Waals surface area contributed by atoms with E-state index in [2.05, 4.69) is 10.4 Å². The lowest BCUT2D eigenvalue weighted by Crippen LogP contribution is -2.36. The summed E-state index contributed by atoms with van der Waals surface area (Å²) in [6.07, 6.45) is 4.03. The van der Waals surface area contributed by atoms with Crippen LogP contribution < -0.4 is 19.5 Å². The smallest absolute Gasteiger partial charge is 0.272 e. The zero-order valence-corrected chi connectivity index (χ0v) is 19.6. The van der Waals surface area contributed by atoms with Gasteiger partial charge in [-0.15, -0.1) is 0 Å². The second kappa shape index (κ2) is 11.1. The number of methoxy groups -OCH3 is 2. The number of nitrogens with zero attached hydrogens (tertiary/aromatic N) is 2. The average molecular weight is 466 g/mol. The number of nitrogens with one attached hydrogen (secondary N) is 1. The van der Waals surface area contributed by atoms with E-state index in [1.54, 1.807) is 18.2 Å². The summed E-state index contributed by atoms with van der Waals surface area (Å²) in [4.78, 5) is 13.1. The summed E-state index contributed by atoms with van der Waals surface area (Å²) in [6.45, 7) is -0.00313. The van der Waals surface area contributed by atoms with Crippen LogP contribution in [0.5, 0.6) is 17.2 Å². The van der Waals surface area contributed by atoms with Gasteiger partial charge in [0.15, 0.2) is 17.2 Å². The number of carbonyl (C=O) groups excluding carboxylic acids is 1. The Morgan fingerprint density at radius 3 is 2.44 bits per heavy atom. The summed E-state index contributed by atoms with van der Waals surface area (Å²) in [5, 5.41) is 18.0. The summed E-state index contributed by atoms with van der Waals surface area (Å²) < 4.78 is 18.3. The first kappa shape index (κ1) is 23.6. The van der Waals surface area contributed by atoms with Crippen LogP contribution in [0, 0.1) is 0 Å². The molecule has 180 valence electrons. The van der Waals surface area contributed by atoms with E-state index in [1.807, 2.05) is 35.0 Å². The van der Waals surface area contributed by atoms with Gasteiger partial charge in [-0.3, -0.25) is 4.79 Å². The van der Waals surface area contributed by atoms with Crippen molar-refractivity contribution in [2.75, 3.05) is 27.4 Å². The summed E-state index contributed by atoms with van der Waals surface area (Å²) in [6, 6.07) is 15.2. The molecule has 2 N–H and O–H groups in total. The van der Waals surface area contributed by atoms with Crippen molar-refractivity contribution in [2.24, 2.45) is 0 Å². The predicted molar refractivity (Wildman–Crippen MR) is 128 cm³/mol. The van der Waals surface area contributed by atoms with Crippen molar-refractivity contribution in [1.29, 1.82) is 0 Å². The number of benzene rings is 2. The number of aromatic nitrogens is 2. The molecular weight excluding hydrogens is 434 g/mol. The second-order valence-corrected chi connectivity index (χ2v) is 8.25. The first-order valence-electron chi connectivity index (χ1n) is 11.6. The zero-order valence-electron chi connectivity index (χ0n) is 19.6. The van der Waals surface area contributed by atoms with Gasteiger partial charge < -0.3 is 24.6 Å². The minimum absolute atomic E-state index is 0.0310. The maximum atomic E-state index is 13.1. The quantitative estimate of drug-likeness (QED) is 0.471. The molecule has 2 aromatic carbocycles. The molecule has 4 rings (SSSR count). The molecule has 8 heteroatoms. The van der Waals surface area contributed by atoms with Crippen LogP contribution in [0.25, 0.3) is 5.69 Å². The van der Waals surface area contributed by atoms with Crippen molar-refractivity contribution >= 4 is 5.91 Å². The molecule has 0 fully saturated rings. The number of aliphatic hydroxyl groups excluding tert-OH is 1. The largest absolute Gasteiger partial charge is 0.493 e. The van der Waals surface area contributed by atoms with Crippen molar-refractivity contribution in [3.63, 3.8) is 0 Å². The molecule has 3 aromatic rings. The van der Waals surface area contributed by atoms with Gasteiger partial charge >= 0.3 is 0 Å². The third-order valence-corrected chi connectivity index (χ3v) is 5.95. The Kier molecular flexibility index (Phi) is 7.69. The second-order valence-electron chi connectivity index (χ2n) is 8.25. The van der Waals surface area contributed by atoms with E-state index in [0.29, 0.717) is 22.9 Å². The molecule has 34 heavy (non-hydrogen) atoms. The van der Waals surface area contributed by atoms with Gasteiger partial charge in [0.2, 0.25) is 5.75 Å². The number of hydrogen-bond donors (Lipinski definition) is 2. The van der Waals surface area contributed by atoms with Crippen molar-refractivity contribution in [1.82, 2.24) is 15.1 Å². The van der Waals surface area contributed by atoms with E-state index in [1.165, 1.54) is 14.2 Å². The van der Waals surface area contributed by atoms with Crippen molar-refractivity contribution in [2.45, 2.75) is 38.2 Å². The molecular formula is C26H31N3O5. The molecule has 1 heterocycles. The first-order valence-corrected chi connectivity index (χ1v) is 11.6. The number of para-hydroxylation sites is 2. The van der Waals surface area contributed by atoms with E-state index in [9.17, 15) is 9.90 Å². The van der Waals surface area contributed by atoms with Crippen LogP contribution in [0.15, 0.2) is 48.5 Å². The predicted octanol–water partition coefficient (Wildman–Crippen LogP) is 3.33. The molecule has 0 aliphatic heterocycles. The van der Waals surface area contributed by atoms with E-state index >= 15 is 0 Å². The van der Waals surface area contributed by atoms with Crippen LogP contribution in [-0.4, -0.2) is 54.3 Å². The van der Waals surface area contributed by atoms with E-state index in [4.69, 9.17) is 14.2 Å². The molecule has 1 amide bonds. The Morgan fingerprint density at radius 1 is 1.03 bits per heavy atom. The summed E-state index contributed by atoms with van der Waals surface area (Å²) in [5.74, 6) is 1.13. The van der Waals surface area contributed by atoms with Crippen LogP contribution in [0.4, 0.5) is 0 Å². The number of aliphatic hydroxyl groups is 1. The van der Waals surface area contributed by atoms with Gasteiger partial charge in [0.05, 0.1) is 19.9 Å². The van der Waals surface area contributed by atoms with Crippen molar-refractivity contribution in [3.05, 3.63) is 65.5 Å². The van der Waals surface area contributed by atoms with Gasteiger partial charge in [0, 0.05) is 17.8 Å². The number of carbonyl (C=O) groups is 1. The topological polar surface area (TPSA) is 94.8 Å². The van der Waals surface area contributed by atoms with Crippen LogP contribution in [0.1, 0.15) is 41.0 Å². The molecule has 0 bridgehead atoms. The van der Waals surface area contributed by atoms with Gasteiger partial charge in [-0.1, -0.05) is 30.7 Å². The highest BCUT2D eigenvalue weighted by atomic mass is 16.5. The van der Waals surface area contributed by atoms with Crippen LogP contribution in [0.3, 0.4) is 0 Å². The normalized spacial score (nSPS) is 14.0. The molecule has 0 spiro atoms. The Labute approximate surface area is 199 Å². The first-order chi connectivity index (χ1) is 16.6. The number of amides is 1. The van der Waals surface area contributed by atoms with Gasteiger partial charge in [-0.2, -0.15) is 5.10 Å². The molecule has 8 nitrogen and oxygen atoms in total. The monoisotopic (exact) mass is 465 g/mol. The molecule has 1 aliphatic rings. The SMILES string of the molecule is COc1cccc(OC)c1OCC(O)CNC(=O)c1nn(-c2ccccc2)c2c1CCCCC2. The van der Waals surface area contributed by atoms with Gasteiger partial charge in [0.1, 0.15) is 12.7 Å². The molecule has 1 atom stereocenters. The van der Waals surface area contributed by atoms with Gasteiger partial charge in [-0.05, 0) is 49.9 Å². The lowest BCUT2D eigenvalue weighted by Gasteiger charge is -2.17. The van der Waals surface area contributed by atoms with E-state index < -0.39 is 6.10 Å². The number of hydrogen-bond acceptors (Lipinski definition) is 6.